The minimum atomic E-state index is -3.81. The van der Waals surface area contributed by atoms with Gasteiger partial charge >= 0.3 is 11.9 Å². The number of hydrogen-bond donors (Lipinski definition) is 2. The zero-order valence-corrected chi connectivity index (χ0v) is 16.9. The van der Waals surface area contributed by atoms with Crippen LogP contribution < -0.4 is 10.0 Å². The lowest BCUT2D eigenvalue weighted by molar-refractivity contribution is -0.157. The highest BCUT2D eigenvalue weighted by Crippen LogP contribution is 2.16. The van der Waals surface area contributed by atoms with E-state index in [0.29, 0.717) is 0 Å². The topological polar surface area (TPSA) is 128 Å². The maximum Gasteiger partial charge on any atom is 0.329 e. The Kier molecular flexibility index (Phi) is 8.42. The predicted molar refractivity (Wildman–Crippen MR) is 98.1 cm³/mol. The number of amides is 1. The lowest BCUT2D eigenvalue weighted by Crippen LogP contribution is -2.50. The number of carbonyl (C=O) groups excluding carboxylic acids is 3. The average Bonchev–Trinajstić information content (AvgIpc) is 2.52. The molecule has 0 spiro atoms. The van der Waals surface area contributed by atoms with E-state index in [1.807, 2.05) is 0 Å². The minimum Gasteiger partial charge on any atom is -0.464 e. The van der Waals surface area contributed by atoms with Crippen LogP contribution in [-0.2, 0) is 33.9 Å². The number of hydrogen-bond acceptors (Lipinski definition) is 7. The standard InChI is InChI=1S/C17H28N2O7S/c1-5-25-16(22)13-11-27(23,24)18-9-7-6-8-12(15(21)19-13)10-14(20)26-17(2,3)4/h6-7,12-13,18H,5,8-11H2,1-4H3,(H,19,21)/b7-6+/t12?,13-/m1/s1. The number of allylic oxidation sites excluding steroid dienone is 1. The van der Waals surface area contributed by atoms with Gasteiger partial charge in [0.1, 0.15) is 11.6 Å². The number of sulfonamides is 1. The van der Waals surface area contributed by atoms with E-state index in [1.54, 1.807) is 39.8 Å². The molecule has 0 aromatic carbocycles. The molecule has 0 saturated carbocycles. The summed E-state index contributed by atoms with van der Waals surface area (Å²) in [5, 5.41) is 2.40. The summed E-state index contributed by atoms with van der Waals surface area (Å²) in [5.41, 5.74) is -0.692. The van der Waals surface area contributed by atoms with Crippen LogP contribution in [0.2, 0.25) is 0 Å². The number of esters is 2. The third-order valence-corrected chi connectivity index (χ3v) is 4.86. The molecule has 27 heavy (non-hydrogen) atoms. The quantitative estimate of drug-likeness (QED) is 0.508. The van der Waals surface area contributed by atoms with Crippen molar-refractivity contribution in [3.8, 4) is 0 Å². The van der Waals surface area contributed by atoms with Crippen LogP contribution in [0.5, 0.6) is 0 Å². The summed E-state index contributed by atoms with van der Waals surface area (Å²) in [6.45, 7) is 6.79. The van der Waals surface area contributed by atoms with Gasteiger partial charge in [0.15, 0.2) is 0 Å². The average molecular weight is 404 g/mol. The Morgan fingerprint density at radius 2 is 1.93 bits per heavy atom. The number of ether oxygens (including phenoxy) is 2. The Bertz CT molecular complexity index is 680. The van der Waals surface area contributed by atoms with Crippen molar-refractivity contribution in [2.24, 2.45) is 5.92 Å². The van der Waals surface area contributed by atoms with E-state index >= 15 is 0 Å². The molecule has 0 aromatic rings. The lowest BCUT2D eigenvalue weighted by Gasteiger charge is -2.23. The molecule has 0 aliphatic carbocycles. The molecule has 0 aromatic heterocycles. The first-order chi connectivity index (χ1) is 12.4. The Morgan fingerprint density at radius 3 is 2.52 bits per heavy atom. The molecule has 0 saturated heterocycles. The van der Waals surface area contributed by atoms with Gasteiger partial charge < -0.3 is 14.8 Å². The smallest absolute Gasteiger partial charge is 0.329 e. The summed E-state index contributed by atoms with van der Waals surface area (Å²) in [7, 11) is -3.81. The summed E-state index contributed by atoms with van der Waals surface area (Å²) in [6.07, 6.45) is 3.17. The third-order valence-electron chi connectivity index (χ3n) is 3.49. The second-order valence-electron chi connectivity index (χ2n) is 7.14. The van der Waals surface area contributed by atoms with Crippen LogP contribution in [-0.4, -0.2) is 56.8 Å². The van der Waals surface area contributed by atoms with Crippen LogP contribution in [0.3, 0.4) is 0 Å². The molecule has 1 aliphatic heterocycles. The van der Waals surface area contributed by atoms with Crippen molar-refractivity contribution in [2.45, 2.75) is 52.2 Å². The molecule has 1 aliphatic rings. The first kappa shape index (κ1) is 23.1. The second-order valence-corrected chi connectivity index (χ2v) is 8.99. The fourth-order valence-corrected chi connectivity index (χ4v) is 3.49. The van der Waals surface area contributed by atoms with E-state index in [2.05, 4.69) is 10.0 Å². The zero-order chi connectivity index (χ0) is 20.7. The SMILES string of the molecule is CCOC(=O)[C@H]1CS(=O)(=O)NC/C=C/CC(CC(=O)OC(C)(C)C)C(=O)N1. The molecular weight excluding hydrogens is 376 g/mol. The molecule has 1 amide bonds. The van der Waals surface area contributed by atoms with Gasteiger partial charge in [0.2, 0.25) is 15.9 Å². The predicted octanol–water partition coefficient (Wildman–Crippen LogP) is 0.262. The first-order valence-corrected chi connectivity index (χ1v) is 10.4. The second kappa shape index (κ2) is 9.84. The minimum absolute atomic E-state index is 0.0191. The Labute approximate surface area is 159 Å². The fourth-order valence-electron chi connectivity index (χ4n) is 2.37. The van der Waals surface area contributed by atoms with Crippen molar-refractivity contribution in [1.29, 1.82) is 0 Å². The van der Waals surface area contributed by atoms with Crippen LogP contribution in [0.1, 0.15) is 40.5 Å². The molecule has 0 radical (unpaired) electrons. The summed E-state index contributed by atoms with van der Waals surface area (Å²) >= 11 is 0. The van der Waals surface area contributed by atoms with Gasteiger partial charge in [-0.3, -0.25) is 9.59 Å². The summed E-state index contributed by atoms with van der Waals surface area (Å²) in [4.78, 5) is 36.7. The van der Waals surface area contributed by atoms with Crippen molar-refractivity contribution in [3.05, 3.63) is 12.2 Å². The van der Waals surface area contributed by atoms with Gasteiger partial charge in [-0.05, 0) is 34.1 Å². The number of rotatable bonds is 4. The Morgan fingerprint density at radius 1 is 1.26 bits per heavy atom. The van der Waals surface area contributed by atoms with Crippen LogP contribution in [0.15, 0.2) is 12.2 Å². The molecule has 0 fully saturated rings. The molecule has 1 unspecified atom stereocenters. The van der Waals surface area contributed by atoms with Gasteiger partial charge in [-0.15, -0.1) is 0 Å². The van der Waals surface area contributed by atoms with Crippen molar-refractivity contribution in [1.82, 2.24) is 10.0 Å². The zero-order valence-electron chi connectivity index (χ0n) is 16.1. The monoisotopic (exact) mass is 404 g/mol. The fraction of sp³-hybridized carbons (Fsp3) is 0.706. The summed E-state index contributed by atoms with van der Waals surface area (Å²) in [6, 6.07) is -1.37. The maximum atomic E-state index is 12.6. The van der Waals surface area contributed by atoms with Crippen LogP contribution in [0.25, 0.3) is 0 Å². The van der Waals surface area contributed by atoms with Crippen molar-refractivity contribution in [2.75, 3.05) is 18.9 Å². The highest BCUT2D eigenvalue weighted by atomic mass is 32.2. The highest BCUT2D eigenvalue weighted by molar-refractivity contribution is 7.89. The van der Waals surface area contributed by atoms with Crippen LogP contribution in [0.4, 0.5) is 0 Å². The van der Waals surface area contributed by atoms with Crippen molar-refractivity contribution < 1.29 is 32.3 Å². The third kappa shape index (κ3) is 9.00. The van der Waals surface area contributed by atoms with Crippen molar-refractivity contribution in [3.63, 3.8) is 0 Å². The largest absolute Gasteiger partial charge is 0.464 e. The van der Waals surface area contributed by atoms with E-state index in [-0.39, 0.29) is 26.0 Å². The Hall–Kier alpha value is -1.94. The number of nitrogens with one attached hydrogen (secondary N) is 2. The molecule has 2 atom stereocenters. The maximum absolute atomic E-state index is 12.6. The molecule has 0 bridgehead atoms. The molecule has 154 valence electrons. The van der Waals surface area contributed by atoms with E-state index in [1.165, 1.54) is 0 Å². The van der Waals surface area contributed by atoms with Gasteiger partial charge in [0.05, 0.1) is 24.7 Å². The van der Waals surface area contributed by atoms with Crippen LogP contribution in [0, 0.1) is 5.92 Å². The molecule has 10 heteroatoms. The van der Waals surface area contributed by atoms with Crippen molar-refractivity contribution >= 4 is 27.9 Å². The van der Waals surface area contributed by atoms with E-state index in [4.69, 9.17) is 9.47 Å². The van der Waals surface area contributed by atoms with Gasteiger partial charge in [-0.2, -0.15) is 0 Å². The Balaban J connectivity index is 3.00. The summed E-state index contributed by atoms with van der Waals surface area (Å²) in [5.74, 6) is -3.46. The molecular formula is C17H28N2O7S. The van der Waals surface area contributed by atoms with Gasteiger partial charge in [-0.1, -0.05) is 12.2 Å². The molecule has 1 heterocycles. The van der Waals surface area contributed by atoms with Gasteiger partial charge in [-0.25, -0.2) is 17.9 Å². The summed E-state index contributed by atoms with van der Waals surface area (Å²) < 4.78 is 36.5. The number of carbonyl (C=O) groups is 3. The van der Waals surface area contributed by atoms with E-state index < -0.39 is 51.2 Å². The normalized spacial score (nSPS) is 24.8. The molecule has 2 N–H and O–H groups in total. The van der Waals surface area contributed by atoms with Gasteiger partial charge in [0.25, 0.3) is 0 Å². The first-order valence-electron chi connectivity index (χ1n) is 8.74. The van der Waals surface area contributed by atoms with Gasteiger partial charge in [0, 0.05) is 6.54 Å². The van der Waals surface area contributed by atoms with E-state index in [0.717, 1.165) is 0 Å². The van der Waals surface area contributed by atoms with E-state index in [9.17, 15) is 22.8 Å². The highest BCUT2D eigenvalue weighted by Gasteiger charge is 2.32. The molecule has 9 nitrogen and oxygen atoms in total. The lowest BCUT2D eigenvalue weighted by atomic mass is 9.99. The molecule has 1 rings (SSSR count). The van der Waals surface area contributed by atoms with Crippen LogP contribution >= 0.6 is 0 Å².